The van der Waals surface area contributed by atoms with Crippen molar-refractivity contribution in [2.24, 2.45) is 0 Å². The van der Waals surface area contributed by atoms with Crippen LogP contribution in [-0.4, -0.2) is 9.97 Å². The first-order valence-corrected chi connectivity index (χ1v) is 7.46. The van der Waals surface area contributed by atoms with Crippen LogP contribution in [0.2, 0.25) is 0 Å². The third-order valence-corrected chi connectivity index (χ3v) is 3.70. The molecule has 3 aromatic rings. The lowest BCUT2D eigenvalue weighted by Gasteiger charge is -2.14. The van der Waals surface area contributed by atoms with E-state index >= 15 is 0 Å². The van der Waals surface area contributed by atoms with Gasteiger partial charge in [-0.05, 0) is 24.1 Å². The molecular weight excluding hydrogens is 270 g/mol. The predicted molar refractivity (Wildman–Crippen MR) is 89.2 cm³/mol. The van der Waals surface area contributed by atoms with Crippen molar-refractivity contribution in [3.8, 4) is 11.3 Å². The molecule has 0 fully saturated rings. The minimum absolute atomic E-state index is 0.321. The molecule has 0 spiro atoms. The summed E-state index contributed by atoms with van der Waals surface area (Å²) in [6.07, 6.45) is 5.20. The molecule has 2 aromatic carbocycles. The Morgan fingerprint density at radius 2 is 1.86 bits per heavy atom. The number of benzene rings is 2. The molecule has 0 bridgehead atoms. The summed E-state index contributed by atoms with van der Waals surface area (Å²) in [5.74, 6) is 0. The van der Waals surface area contributed by atoms with Crippen molar-refractivity contribution < 1.29 is 0 Å². The number of rotatable bonds is 5. The van der Waals surface area contributed by atoms with Crippen LogP contribution in [0.15, 0.2) is 73.2 Å². The minimum Gasteiger partial charge on any atom is -0.306 e. The zero-order valence-electron chi connectivity index (χ0n) is 12.6. The molecule has 22 heavy (non-hydrogen) atoms. The van der Waals surface area contributed by atoms with Gasteiger partial charge in [-0.2, -0.15) is 0 Å². The van der Waals surface area contributed by atoms with Crippen LogP contribution in [0.25, 0.3) is 11.3 Å². The van der Waals surface area contributed by atoms with E-state index in [0.29, 0.717) is 6.04 Å². The first kappa shape index (κ1) is 14.4. The lowest BCUT2D eigenvalue weighted by atomic mass is 10.1. The fourth-order valence-corrected chi connectivity index (χ4v) is 2.42. The van der Waals surface area contributed by atoms with E-state index in [1.807, 2.05) is 6.07 Å². The lowest BCUT2D eigenvalue weighted by Crippen LogP contribution is -2.17. The maximum absolute atomic E-state index is 4.35. The Bertz CT molecular complexity index is 711. The van der Waals surface area contributed by atoms with Crippen molar-refractivity contribution in [2.45, 2.75) is 19.5 Å². The van der Waals surface area contributed by atoms with Gasteiger partial charge in [-0.25, -0.2) is 0 Å². The van der Waals surface area contributed by atoms with E-state index in [1.54, 1.807) is 18.6 Å². The largest absolute Gasteiger partial charge is 0.306 e. The quantitative estimate of drug-likeness (QED) is 0.771. The lowest BCUT2D eigenvalue weighted by molar-refractivity contribution is 0.575. The molecule has 1 aromatic heterocycles. The van der Waals surface area contributed by atoms with E-state index < -0.39 is 0 Å². The van der Waals surface area contributed by atoms with Gasteiger partial charge < -0.3 is 5.32 Å². The molecule has 0 aliphatic heterocycles. The van der Waals surface area contributed by atoms with Crippen LogP contribution < -0.4 is 5.32 Å². The Hall–Kier alpha value is -2.52. The molecule has 1 N–H and O–H groups in total. The van der Waals surface area contributed by atoms with Crippen LogP contribution in [0.4, 0.5) is 0 Å². The minimum atomic E-state index is 0.321. The van der Waals surface area contributed by atoms with Crippen molar-refractivity contribution in [1.82, 2.24) is 15.3 Å². The molecule has 0 saturated carbocycles. The zero-order valence-corrected chi connectivity index (χ0v) is 12.6. The van der Waals surface area contributed by atoms with E-state index in [-0.39, 0.29) is 0 Å². The van der Waals surface area contributed by atoms with E-state index in [9.17, 15) is 0 Å². The molecule has 1 heterocycles. The molecule has 0 aliphatic rings. The first-order valence-electron chi connectivity index (χ1n) is 7.46. The van der Waals surface area contributed by atoms with E-state index in [2.05, 4.69) is 70.7 Å². The fourth-order valence-electron chi connectivity index (χ4n) is 2.42. The smallest absolute Gasteiger partial charge is 0.0885 e. The number of hydrogen-bond acceptors (Lipinski definition) is 3. The summed E-state index contributed by atoms with van der Waals surface area (Å²) in [5, 5.41) is 3.56. The van der Waals surface area contributed by atoms with Gasteiger partial charge in [0.25, 0.3) is 0 Å². The van der Waals surface area contributed by atoms with Crippen LogP contribution in [0.5, 0.6) is 0 Å². The van der Waals surface area contributed by atoms with Crippen molar-refractivity contribution in [3.63, 3.8) is 0 Å². The van der Waals surface area contributed by atoms with Crippen molar-refractivity contribution in [1.29, 1.82) is 0 Å². The molecular formula is C19H19N3. The summed E-state index contributed by atoms with van der Waals surface area (Å²) in [5.41, 5.74) is 4.54. The highest BCUT2D eigenvalue weighted by atomic mass is 14.9. The summed E-state index contributed by atoms with van der Waals surface area (Å²) in [6.45, 7) is 3.01. The van der Waals surface area contributed by atoms with Gasteiger partial charge in [-0.3, -0.25) is 9.97 Å². The number of hydrogen-bond donors (Lipinski definition) is 1. The van der Waals surface area contributed by atoms with E-state index in [1.165, 1.54) is 11.1 Å². The predicted octanol–water partition coefficient (Wildman–Crippen LogP) is 3.99. The van der Waals surface area contributed by atoms with E-state index in [4.69, 9.17) is 0 Å². The highest BCUT2D eigenvalue weighted by Gasteiger charge is 2.05. The van der Waals surface area contributed by atoms with Gasteiger partial charge in [0, 0.05) is 30.5 Å². The van der Waals surface area contributed by atoms with Crippen LogP contribution in [0, 0.1) is 0 Å². The Kier molecular flexibility index (Phi) is 4.56. The molecule has 0 amide bonds. The highest BCUT2D eigenvalue weighted by molar-refractivity contribution is 5.58. The number of aromatic nitrogens is 2. The second-order valence-electron chi connectivity index (χ2n) is 5.30. The van der Waals surface area contributed by atoms with E-state index in [0.717, 1.165) is 17.8 Å². The summed E-state index contributed by atoms with van der Waals surface area (Å²) < 4.78 is 0. The molecule has 110 valence electrons. The topological polar surface area (TPSA) is 37.8 Å². The number of nitrogens with one attached hydrogen (secondary N) is 1. The summed E-state index contributed by atoms with van der Waals surface area (Å²) >= 11 is 0. The van der Waals surface area contributed by atoms with Gasteiger partial charge >= 0.3 is 0 Å². The van der Waals surface area contributed by atoms with Crippen LogP contribution in [0.1, 0.15) is 24.1 Å². The second kappa shape index (κ2) is 6.96. The Labute approximate surface area is 131 Å². The van der Waals surface area contributed by atoms with Crippen molar-refractivity contribution >= 4 is 0 Å². The normalized spacial score (nSPS) is 12.0. The molecule has 0 saturated heterocycles. The monoisotopic (exact) mass is 289 g/mol. The molecule has 0 aliphatic carbocycles. The SMILES string of the molecule is CC(NCc1cccc(-c2cnccn2)c1)c1ccccc1. The maximum Gasteiger partial charge on any atom is 0.0885 e. The maximum atomic E-state index is 4.35. The fraction of sp³-hybridized carbons (Fsp3) is 0.158. The van der Waals surface area contributed by atoms with Crippen LogP contribution in [0.3, 0.4) is 0 Å². The average molecular weight is 289 g/mol. The molecule has 0 radical (unpaired) electrons. The average Bonchev–Trinajstić information content (AvgIpc) is 2.61. The van der Waals surface area contributed by atoms with Gasteiger partial charge in [0.1, 0.15) is 0 Å². The van der Waals surface area contributed by atoms with Crippen molar-refractivity contribution in [3.05, 3.63) is 84.3 Å². The standard InChI is InChI=1S/C19H19N3/c1-15(17-7-3-2-4-8-17)22-13-16-6-5-9-18(12-16)19-14-20-10-11-21-19/h2-12,14-15,22H,13H2,1H3. The number of nitrogens with zero attached hydrogens (tertiary/aromatic N) is 2. The second-order valence-corrected chi connectivity index (χ2v) is 5.30. The van der Waals surface area contributed by atoms with Gasteiger partial charge in [0.2, 0.25) is 0 Å². The van der Waals surface area contributed by atoms with Crippen LogP contribution in [-0.2, 0) is 6.54 Å². The molecule has 1 unspecified atom stereocenters. The van der Waals surface area contributed by atoms with Gasteiger partial charge in [0.05, 0.1) is 11.9 Å². The Morgan fingerprint density at radius 3 is 2.64 bits per heavy atom. The van der Waals surface area contributed by atoms with Crippen LogP contribution >= 0.6 is 0 Å². The highest BCUT2D eigenvalue weighted by Crippen LogP contribution is 2.18. The summed E-state index contributed by atoms with van der Waals surface area (Å²) in [4.78, 5) is 8.48. The zero-order chi connectivity index (χ0) is 15.2. The Balaban J connectivity index is 1.69. The van der Waals surface area contributed by atoms with Gasteiger partial charge in [-0.15, -0.1) is 0 Å². The summed E-state index contributed by atoms with van der Waals surface area (Å²) in [6, 6.07) is 19.2. The van der Waals surface area contributed by atoms with Crippen molar-refractivity contribution in [2.75, 3.05) is 0 Å². The molecule has 3 rings (SSSR count). The molecule has 3 nitrogen and oxygen atoms in total. The third-order valence-electron chi connectivity index (χ3n) is 3.70. The first-order chi connectivity index (χ1) is 10.8. The molecule has 3 heteroatoms. The molecule has 1 atom stereocenters. The summed E-state index contributed by atoms with van der Waals surface area (Å²) in [7, 11) is 0. The van der Waals surface area contributed by atoms with Gasteiger partial charge in [-0.1, -0.05) is 48.5 Å². The Morgan fingerprint density at radius 1 is 1.00 bits per heavy atom. The van der Waals surface area contributed by atoms with Gasteiger partial charge in [0.15, 0.2) is 0 Å². The third kappa shape index (κ3) is 3.57.